The van der Waals surface area contributed by atoms with Crippen molar-refractivity contribution < 1.29 is 4.79 Å². The van der Waals surface area contributed by atoms with Gasteiger partial charge in [0.25, 0.3) is 5.91 Å². The fraction of sp³-hybridized carbons (Fsp3) is 0.111. The second-order valence-electron chi connectivity index (χ2n) is 4.91. The van der Waals surface area contributed by atoms with Crippen LogP contribution in [0.4, 0.5) is 0 Å². The number of pyridine rings is 1. The Labute approximate surface area is 133 Å². The number of rotatable bonds is 5. The second kappa shape index (κ2) is 7.00. The van der Waals surface area contributed by atoms with Gasteiger partial charge in [-0.2, -0.15) is 0 Å². The molecule has 0 spiro atoms. The number of nitrogens with one attached hydrogen (secondary N) is 1. The third-order valence-electron chi connectivity index (χ3n) is 3.34. The van der Waals surface area contributed by atoms with E-state index in [0.29, 0.717) is 12.1 Å². The van der Waals surface area contributed by atoms with Gasteiger partial charge in [0, 0.05) is 29.4 Å². The van der Waals surface area contributed by atoms with Crippen LogP contribution >= 0.6 is 11.3 Å². The molecule has 2 heterocycles. The van der Waals surface area contributed by atoms with Crippen molar-refractivity contribution in [3.8, 4) is 11.1 Å². The first-order valence-electron chi connectivity index (χ1n) is 7.14. The maximum absolute atomic E-state index is 12.2. The third kappa shape index (κ3) is 3.59. The van der Waals surface area contributed by atoms with E-state index in [0.717, 1.165) is 17.5 Å². The van der Waals surface area contributed by atoms with Crippen molar-refractivity contribution in [2.75, 3.05) is 6.54 Å². The Kier molecular flexibility index (Phi) is 4.61. The van der Waals surface area contributed by atoms with Gasteiger partial charge in [0.1, 0.15) is 0 Å². The van der Waals surface area contributed by atoms with Crippen LogP contribution < -0.4 is 5.32 Å². The molecule has 0 atom stereocenters. The molecule has 0 unspecified atom stereocenters. The van der Waals surface area contributed by atoms with Gasteiger partial charge in [0.05, 0.1) is 5.56 Å². The van der Waals surface area contributed by atoms with Gasteiger partial charge >= 0.3 is 0 Å². The van der Waals surface area contributed by atoms with Crippen LogP contribution in [0.3, 0.4) is 0 Å². The quantitative estimate of drug-likeness (QED) is 0.779. The molecule has 0 saturated heterocycles. The number of carbonyl (C=O) groups is 1. The monoisotopic (exact) mass is 308 g/mol. The molecule has 3 nitrogen and oxygen atoms in total. The molecule has 0 aliphatic heterocycles. The van der Waals surface area contributed by atoms with Gasteiger partial charge in [-0.3, -0.25) is 9.78 Å². The molecule has 0 bridgehead atoms. The van der Waals surface area contributed by atoms with Gasteiger partial charge < -0.3 is 5.32 Å². The van der Waals surface area contributed by atoms with E-state index in [-0.39, 0.29) is 5.91 Å². The zero-order chi connectivity index (χ0) is 15.2. The normalized spacial score (nSPS) is 10.4. The average Bonchev–Trinajstić information content (AvgIpc) is 3.09. The minimum atomic E-state index is -0.0816. The van der Waals surface area contributed by atoms with Crippen LogP contribution in [0.15, 0.2) is 66.3 Å². The summed E-state index contributed by atoms with van der Waals surface area (Å²) < 4.78 is 0. The highest BCUT2D eigenvalue weighted by Crippen LogP contribution is 2.18. The van der Waals surface area contributed by atoms with Crippen molar-refractivity contribution in [2.24, 2.45) is 0 Å². The lowest BCUT2D eigenvalue weighted by Crippen LogP contribution is -2.25. The van der Waals surface area contributed by atoms with E-state index in [4.69, 9.17) is 0 Å². The van der Waals surface area contributed by atoms with Crippen LogP contribution in [0.1, 0.15) is 15.2 Å². The van der Waals surface area contributed by atoms with Crippen LogP contribution in [0, 0.1) is 0 Å². The summed E-state index contributed by atoms with van der Waals surface area (Å²) in [6, 6.07) is 15.9. The topological polar surface area (TPSA) is 42.0 Å². The summed E-state index contributed by atoms with van der Waals surface area (Å²) in [4.78, 5) is 17.7. The summed E-state index contributed by atoms with van der Waals surface area (Å²) in [5.41, 5.74) is 2.60. The minimum absolute atomic E-state index is 0.0816. The zero-order valence-corrected chi connectivity index (χ0v) is 12.8. The van der Waals surface area contributed by atoms with Crippen molar-refractivity contribution in [1.82, 2.24) is 10.3 Å². The van der Waals surface area contributed by atoms with E-state index in [1.807, 2.05) is 47.8 Å². The number of amides is 1. The SMILES string of the molecule is O=C(NCCc1cccs1)c1cncc(-c2ccccc2)c1. The number of thiophene rings is 1. The summed E-state index contributed by atoms with van der Waals surface area (Å²) in [5.74, 6) is -0.0816. The van der Waals surface area contributed by atoms with Crippen LogP contribution in [0.5, 0.6) is 0 Å². The fourth-order valence-electron chi connectivity index (χ4n) is 2.21. The van der Waals surface area contributed by atoms with Gasteiger partial charge in [-0.05, 0) is 29.5 Å². The van der Waals surface area contributed by atoms with Crippen molar-refractivity contribution >= 4 is 17.2 Å². The Balaban J connectivity index is 1.65. The fourth-order valence-corrected chi connectivity index (χ4v) is 2.92. The molecule has 22 heavy (non-hydrogen) atoms. The number of carbonyl (C=O) groups excluding carboxylic acids is 1. The smallest absolute Gasteiger partial charge is 0.252 e. The summed E-state index contributed by atoms with van der Waals surface area (Å²) >= 11 is 1.71. The maximum atomic E-state index is 12.2. The molecule has 0 aliphatic rings. The first-order valence-corrected chi connectivity index (χ1v) is 8.02. The van der Waals surface area contributed by atoms with Gasteiger partial charge in [0.15, 0.2) is 0 Å². The maximum Gasteiger partial charge on any atom is 0.252 e. The van der Waals surface area contributed by atoms with E-state index in [1.54, 1.807) is 23.7 Å². The van der Waals surface area contributed by atoms with Crippen LogP contribution in [0.2, 0.25) is 0 Å². The molecule has 0 saturated carbocycles. The van der Waals surface area contributed by atoms with Crippen molar-refractivity contribution in [3.05, 3.63) is 76.7 Å². The Morgan fingerprint density at radius 3 is 2.68 bits per heavy atom. The molecule has 0 radical (unpaired) electrons. The first kappa shape index (κ1) is 14.5. The Bertz CT molecular complexity index is 739. The summed E-state index contributed by atoms with van der Waals surface area (Å²) in [5, 5.41) is 4.99. The van der Waals surface area contributed by atoms with Crippen LogP contribution in [0.25, 0.3) is 11.1 Å². The molecule has 4 heteroatoms. The molecule has 1 N–H and O–H groups in total. The molecule has 1 aromatic carbocycles. The first-order chi connectivity index (χ1) is 10.8. The third-order valence-corrected chi connectivity index (χ3v) is 4.28. The summed E-state index contributed by atoms with van der Waals surface area (Å²) in [6.45, 7) is 0.634. The van der Waals surface area contributed by atoms with E-state index >= 15 is 0 Å². The highest BCUT2D eigenvalue weighted by atomic mass is 32.1. The molecular formula is C18H16N2OS. The van der Waals surface area contributed by atoms with Crippen molar-refractivity contribution in [2.45, 2.75) is 6.42 Å². The van der Waals surface area contributed by atoms with Crippen molar-refractivity contribution in [1.29, 1.82) is 0 Å². The molecule has 110 valence electrons. The number of hydrogen-bond acceptors (Lipinski definition) is 3. The lowest BCUT2D eigenvalue weighted by atomic mass is 10.1. The highest BCUT2D eigenvalue weighted by molar-refractivity contribution is 7.09. The highest BCUT2D eigenvalue weighted by Gasteiger charge is 2.07. The minimum Gasteiger partial charge on any atom is -0.352 e. The molecule has 3 aromatic rings. The standard InChI is InChI=1S/C18H16N2OS/c21-18(20-9-8-17-7-4-10-22-17)16-11-15(12-19-13-16)14-5-2-1-3-6-14/h1-7,10-13H,8-9H2,(H,20,21). The van der Waals surface area contributed by atoms with E-state index in [9.17, 15) is 4.79 Å². The van der Waals surface area contributed by atoms with Gasteiger partial charge in [-0.25, -0.2) is 0 Å². The number of hydrogen-bond donors (Lipinski definition) is 1. The molecule has 3 rings (SSSR count). The van der Waals surface area contributed by atoms with Gasteiger partial charge in [-0.15, -0.1) is 11.3 Å². The lowest BCUT2D eigenvalue weighted by molar-refractivity contribution is 0.0954. The molecule has 0 fully saturated rings. The molecule has 2 aromatic heterocycles. The predicted octanol–water partition coefficient (Wildman–Crippen LogP) is 3.78. The molecule has 0 aliphatic carbocycles. The second-order valence-corrected chi connectivity index (χ2v) is 5.95. The molecular weight excluding hydrogens is 292 g/mol. The summed E-state index contributed by atoms with van der Waals surface area (Å²) in [7, 11) is 0. The predicted molar refractivity (Wildman–Crippen MR) is 90.0 cm³/mol. The van der Waals surface area contributed by atoms with Crippen LogP contribution in [-0.2, 0) is 6.42 Å². The molecule has 1 amide bonds. The van der Waals surface area contributed by atoms with Gasteiger partial charge in [-0.1, -0.05) is 36.4 Å². The van der Waals surface area contributed by atoms with Crippen molar-refractivity contribution in [3.63, 3.8) is 0 Å². The largest absolute Gasteiger partial charge is 0.352 e. The lowest BCUT2D eigenvalue weighted by Gasteiger charge is -2.06. The number of aromatic nitrogens is 1. The van der Waals surface area contributed by atoms with E-state index < -0.39 is 0 Å². The van der Waals surface area contributed by atoms with Crippen LogP contribution in [-0.4, -0.2) is 17.4 Å². The Hall–Kier alpha value is -2.46. The average molecular weight is 308 g/mol. The summed E-state index contributed by atoms with van der Waals surface area (Å²) in [6.07, 6.45) is 4.24. The Morgan fingerprint density at radius 2 is 1.91 bits per heavy atom. The zero-order valence-electron chi connectivity index (χ0n) is 12.0. The number of benzene rings is 1. The van der Waals surface area contributed by atoms with E-state index in [2.05, 4.69) is 16.4 Å². The number of nitrogens with zero attached hydrogens (tertiary/aromatic N) is 1. The van der Waals surface area contributed by atoms with Gasteiger partial charge in [0.2, 0.25) is 0 Å². The van der Waals surface area contributed by atoms with E-state index in [1.165, 1.54) is 4.88 Å². The Morgan fingerprint density at radius 1 is 1.05 bits per heavy atom.